The van der Waals surface area contributed by atoms with Gasteiger partial charge in [-0.2, -0.15) is 4.72 Å². The molecule has 2 N–H and O–H groups in total. The third-order valence-electron chi connectivity index (χ3n) is 6.52. The van der Waals surface area contributed by atoms with Crippen LogP contribution in [-0.4, -0.2) is 52.2 Å². The predicted octanol–water partition coefficient (Wildman–Crippen LogP) is 4.39. The van der Waals surface area contributed by atoms with Crippen molar-refractivity contribution in [3.05, 3.63) is 36.4 Å². The number of hydrogen-bond acceptors (Lipinski definition) is 7. The lowest BCUT2D eigenvalue weighted by Crippen LogP contribution is -2.50. The molecule has 2 aliphatic heterocycles. The first-order valence-corrected chi connectivity index (χ1v) is 14.8. The van der Waals surface area contributed by atoms with E-state index in [1.54, 1.807) is 26.8 Å². The van der Waals surface area contributed by atoms with Crippen LogP contribution in [0.4, 0.5) is 5.69 Å². The normalized spacial score (nSPS) is 18.9. The van der Waals surface area contributed by atoms with E-state index in [1.165, 1.54) is 36.3 Å². The summed E-state index contributed by atoms with van der Waals surface area (Å²) < 4.78 is 35.1. The van der Waals surface area contributed by atoms with Gasteiger partial charge in [0, 0.05) is 23.7 Å². The van der Waals surface area contributed by atoms with Crippen molar-refractivity contribution in [2.75, 3.05) is 31.1 Å². The van der Waals surface area contributed by atoms with Crippen LogP contribution in [0, 0.1) is 5.92 Å². The van der Waals surface area contributed by atoms with Gasteiger partial charge in [0.25, 0.3) is 10.0 Å². The first-order valence-electron chi connectivity index (χ1n) is 12.5. The molecule has 1 atom stereocenters. The number of nitrogens with zero attached hydrogens (tertiary/aromatic N) is 1. The number of hydrogen-bond donors (Lipinski definition) is 2. The molecule has 2 aliphatic rings. The zero-order chi connectivity index (χ0) is 25.1. The van der Waals surface area contributed by atoms with Gasteiger partial charge < -0.3 is 15.0 Å². The zero-order valence-corrected chi connectivity index (χ0v) is 22.5. The fourth-order valence-electron chi connectivity index (χ4n) is 4.71. The van der Waals surface area contributed by atoms with E-state index in [0.717, 1.165) is 36.6 Å². The van der Waals surface area contributed by atoms with Crippen molar-refractivity contribution in [3.8, 4) is 10.4 Å². The van der Waals surface area contributed by atoms with Crippen molar-refractivity contribution in [2.45, 2.75) is 68.7 Å². The number of rotatable bonds is 7. The first-order chi connectivity index (χ1) is 16.6. The Hall–Kier alpha value is -1.94. The maximum atomic E-state index is 13.3. The molecule has 0 amide bonds. The molecule has 9 heteroatoms. The number of sulfonamides is 1. The lowest BCUT2D eigenvalue weighted by Gasteiger charge is -2.31. The molecule has 1 aromatic heterocycles. The first kappa shape index (κ1) is 26.1. The number of esters is 1. The van der Waals surface area contributed by atoms with Crippen LogP contribution in [-0.2, 0) is 19.6 Å². The van der Waals surface area contributed by atoms with Crippen LogP contribution in [0.1, 0.15) is 52.9 Å². The molecule has 7 nitrogen and oxygen atoms in total. The van der Waals surface area contributed by atoms with Crippen molar-refractivity contribution < 1.29 is 17.9 Å². The summed E-state index contributed by atoms with van der Waals surface area (Å²) in [4.78, 5) is 16.3. The molecule has 1 aromatic carbocycles. The molecule has 0 saturated carbocycles. The molecule has 2 saturated heterocycles. The predicted molar refractivity (Wildman–Crippen MR) is 141 cm³/mol. The summed E-state index contributed by atoms with van der Waals surface area (Å²) in [6, 6.07) is 10.9. The molecule has 0 unspecified atom stereocenters. The van der Waals surface area contributed by atoms with E-state index >= 15 is 0 Å². The summed E-state index contributed by atoms with van der Waals surface area (Å²) >= 11 is 1.22. The van der Waals surface area contributed by atoms with E-state index in [2.05, 4.69) is 39.2 Å². The van der Waals surface area contributed by atoms with Gasteiger partial charge in [-0.1, -0.05) is 12.1 Å². The van der Waals surface area contributed by atoms with Crippen molar-refractivity contribution in [1.82, 2.24) is 10.0 Å². The summed E-state index contributed by atoms with van der Waals surface area (Å²) in [5.74, 6) is -0.624. The number of thiophene rings is 1. The number of carbonyl (C=O) groups is 1. The minimum atomic E-state index is -3.88. The molecule has 2 aromatic rings. The number of anilines is 1. The topological polar surface area (TPSA) is 87.7 Å². The molecule has 0 aliphatic carbocycles. The molecule has 192 valence electrons. The summed E-state index contributed by atoms with van der Waals surface area (Å²) in [5.41, 5.74) is 1.50. The molecule has 35 heavy (non-hydrogen) atoms. The number of benzene rings is 1. The fourth-order valence-corrected chi connectivity index (χ4v) is 7.29. The Balaban J connectivity index is 1.50. The smallest absolute Gasteiger partial charge is 0.324 e. The lowest BCUT2D eigenvalue weighted by molar-refractivity contribution is -0.158. The molecule has 3 heterocycles. The number of ether oxygens (including phenoxy) is 1. The van der Waals surface area contributed by atoms with Crippen LogP contribution < -0.4 is 14.9 Å². The van der Waals surface area contributed by atoms with Crippen LogP contribution in [0.15, 0.2) is 40.6 Å². The van der Waals surface area contributed by atoms with Gasteiger partial charge in [0.05, 0.1) is 0 Å². The van der Waals surface area contributed by atoms with E-state index < -0.39 is 27.6 Å². The van der Waals surface area contributed by atoms with E-state index in [-0.39, 0.29) is 10.1 Å². The van der Waals surface area contributed by atoms with Crippen molar-refractivity contribution in [1.29, 1.82) is 0 Å². The average molecular weight is 520 g/mol. The number of piperidine rings is 2. The highest BCUT2D eigenvalue weighted by Crippen LogP contribution is 2.33. The second-order valence-corrected chi connectivity index (χ2v) is 13.5. The largest absolute Gasteiger partial charge is 0.459 e. The average Bonchev–Trinajstić information content (AvgIpc) is 3.34. The molecule has 0 spiro atoms. The Morgan fingerprint density at radius 3 is 2.34 bits per heavy atom. The van der Waals surface area contributed by atoms with Crippen LogP contribution >= 0.6 is 11.3 Å². The number of nitrogens with one attached hydrogen (secondary N) is 2. The lowest BCUT2D eigenvalue weighted by atomic mass is 9.91. The van der Waals surface area contributed by atoms with E-state index in [0.29, 0.717) is 12.8 Å². The molecule has 4 rings (SSSR count). The highest BCUT2D eigenvalue weighted by Gasteiger charge is 2.36. The van der Waals surface area contributed by atoms with Gasteiger partial charge in [-0.05, 0) is 102 Å². The Morgan fingerprint density at radius 2 is 1.71 bits per heavy atom. The summed E-state index contributed by atoms with van der Waals surface area (Å²) in [6.45, 7) is 9.05. The summed E-state index contributed by atoms with van der Waals surface area (Å²) in [7, 11) is -3.88. The SMILES string of the molecule is CC(C)(C)OC(=O)[C@H](NS(=O)(=O)c1ccc(-c2ccc(N3CCCCC3)cc2)s1)C1CCNCC1. The Kier molecular flexibility index (Phi) is 8.20. The highest BCUT2D eigenvalue weighted by atomic mass is 32.2. The second-order valence-electron chi connectivity index (χ2n) is 10.4. The fraction of sp³-hybridized carbons (Fsp3) is 0.577. The van der Waals surface area contributed by atoms with Crippen LogP contribution in [0.5, 0.6) is 0 Å². The standard InChI is InChI=1S/C26H37N3O4S2/c1-26(2,3)33-25(30)24(20-13-15-27-16-14-20)28-35(31,32)23-12-11-22(34-23)19-7-9-21(10-8-19)29-17-5-4-6-18-29/h7-12,20,24,27-28H,4-6,13-18H2,1-3H3/t24-/m1/s1. The third-order valence-corrected chi connectivity index (χ3v) is 9.58. The van der Waals surface area contributed by atoms with Crippen molar-refractivity contribution in [2.24, 2.45) is 5.92 Å². The monoisotopic (exact) mass is 519 g/mol. The van der Waals surface area contributed by atoms with E-state index in [1.807, 2.05) is 6.07 Å². The quantitative estimate of drug-likeness (QED) is 0.528. The van der Waals surface area contributed by atoms with Gasteiger partial charge in [0.1, 0.15) is 15.9 Å². The minimum absolute atomic E-state index is 0.109. The zero-order valence-electron chi connectivity index (χ0n) is 20.9. The number of carbonyl (C=O) groups excluding carboxylic acids is 1. The van der Waals surface area contributed by atoms with Crippen LogP contribution in [0.25, 0.3) is 10.4 Å². The van der Waals surface area contributed by atoms with Crippen LogP contribution in [0.2, 0.25) is 0 Å². The highest BCUT2D eigenvalue weighted by molar-refractivity contribution is 7.91. The minimum Gasteiger partial charge on any atom is -0.459 e. The second kappa shape index (κ2) is 11.0. The summed E-state index contributed by atoms with van der Waals surface area (Å²) in [5, 5.41) is 3.27. The van der Waals surface area contributed by atoms with Crippen molar-refractivity contribution in [3.63, 3.8) is 0 Å². The summed E-state index contributed by atoms with van der Waals surface area (Å²) in [6.07, 6.45) is 5.17. The molecular formula is C26H37N3O4S2. The molecule has 0 radical (unpaired) electrons. The van der Waals surface area contributed by atoms with E-state index in [9.17, 15) is 13.2 Å². The van der Waals surface area contributed by atoms with E-state index in [4.69, 9.17) is 4.74 Å². The van der Waals surface area contributed by atoms with Crippen LogP contribution in [0.3, 0.4) is 0 Å². The van der Waals surface area contributed by atoms with Gasteiger partial charge >= 0.3 is 5.97 Å². The van der Waals surface area contributed by atoms with Gasteiger partial charge in [-0.3, -0.25) is 4.79 Å². The maximum absolute atomic E-state index is 13.3. The van der Waals surface area contributed by atoms with Gasteiger partial charge in [0.15, 0.2) is 0 Å². The Labute approximate surface area is 213 Å². The van der Waals surface area contributed by atoms with Crippen molar-refractivity contribution >= 4 is 33.0 Å². The molecular weight excluding hydrogens is 482 g/mol. The van der Waals surface area contributed by atoms with Gasteiger partial charge in [0.2, 0.25) is 0 Å². The molecule has 2 fully saturated rings. The Morgan fingerprint density at radius 1 is 1.06 bits per heavy atom. The third kappa shape index (κ3) is 6.84. The Bertz CT molecular complexity index is 1090. The molecule has 0 bridgehead atoms. The van der Waals surface area contributed by atoms with Gasteiger partial charge in [-0.25, -0.2) is 8.42 Å². The van der Waals surface area contributed by atoms with Gasteiger partial charge in [-0.15, -0.1) is 11.3 Å². The maximum Gasteiger partial charge on any atom is 0.324 e.